The second-order valence-corrected chi connectivity index (χ2v) is 6.21. The summed E-state index contributed by atoms with van der Waals surface area (Å²) in [5.74, 6) is 8.11. The lowest BCUT2D eigenvalue weighted by Gasteiger charge is -2.19. The molecule has 2 heterocycles. The quantitative estimate of drug-likeness (QED) is 0.546. The Bertz CT molecular complexity index is 499. The molecular weight excluding hydrogens is 264 g/mol. The van der Waals surface area contributed by atoms with Crippen molar-refractivity contribution in [3.63, 3.8) is 0 Å². The average molecular weight is 290 g/mol. The maximum atomic E-state index is 5.59. The van der Waals surface area contributed by atoms with Crippen molar-refractivity contribution in [3.8, 4) is 0 Å². The second-order valence-electron chi connectivity index (χ2n) is 6.21. The highest BCUT2D eigenvalue weighted by Crippen LogP contribution is 2.31. The molecule has 21 heavy (non-hydrogen) atoms. The summed E-state index contributed by atoms with van der Waals surface area (Å²) in [4.78, 5) is 11.8. The largest absolute Gasteiger partial charge is 0.366 e. The summed E-state index contributed by atoms with van der Waals surface area (Å²) in [5.41, 5.74) is 3.70. The van der Waals surface area contributed by atoms with E-state index < -0.39 is 0 Å². The van der Waals surface area contributed by atoms with Gasteiger partial charge in [-0.25, -0.2) is 15.8 Å². The lowest BCUT2D eigenvalue weighted by atomic mass is 10.2. The van der Waals surface area contributed by atoms with Gasteiger partial charge in [0.2, 0.25) is 0 Å². The number of likely N-dealkylation sites (tertiary alicyclic amines) is 1. The van der Waals surface area contributed by atoms with E-state index in [1.807, 2.05) is 6.92 Å². The van der Waals surface area contributed by atoms with E-state index in [0.717, 1.165) is 48.5 Å². The van der Waals surface area contributed by atoms with Gasteiger partial charge in [-0.1, -0.05) is 6.92 Å². The van der Waals surface area contributed by atoms with Crippen LogP contribution in [0.15, 0.2) is 0 Å². The maximum Gasteiger partial charge on any atom is 0.148 e. The first-order valence-electron chi connectivity index (χ1n) is 8.06. The molecule has 0 bridgehead atoms. The average Bonchev–Trinajstić information content (AvgIpc) is 3.23. The van der Waals surface area contributed by atoms with Gasteiger partial charge in [-0.2, -0.15) is 0 Å². The number of anilines is 2. The molecule has 1 aliphatic heterocycles. The number of hydrogen-bond acceptors (Lipinski definition) is 6. The number of nitrogens with zero attached hydrogens (tertiary/aromatic N) is 3. The number of aryl methyl sites for hydroxylation is 1. The van der Waals surface area contributed by atoms with Gasteiger partial charge < -0.3 is 10.7 Å². The molecule has 1 unspecified atom stereocenters. The molecule has 1 aliphatic carbocycles. The molecule has 1 saturated carbocycles. The lowest BCUT2D eigenvalue weighted by molar-refractivity contribution is 0.326. The van der Waals surface area contributed by atoms with Crippen LogP contribution in [0.5, 0.6) is 0 Å². The first-order chi connectivity index (χ1) is 10.2. The summed E-state index contributed by atoms with van der Waals surface area (Å²) in [5, 5.41) is 3.61. The predicted octanol–water partition coefficient (Wildman–Crippen LogP) is 1.67. The highest BCUT2D eigenvalue weighted by Gasteiger charge is 2.34. The Hall–Kier alpha value is -1.40. The maximum absolute atomic E-state index is 5.59. The molecule has 2 aliphatic rings. The van der Waals surface area contributed by atoms with E-state index in [1.54, 1.807) is 0 Å². The van der Waals surface area contributed by atoms with Gasteiger partial charge in [0.25, 0.3) is 0 Å². The number of hydrazine groups is 1. The van der Waals surface area contributed by atoms with E-state index in [-0.39, 0.29) is 0 Å². The first kappa shape index (κ1) is 14.5. The van der Waals surface area contributed by atoms with Gasteiger partial charge >= 0.3 is 0 Å². The Morgan fingerprint density at radius 2 is 2.00 bits per heavy atom. The molecule has 6 nitrogen and oxygen atoms in total. The van der Waals surface area contributed by atoms with Gasteiger partial charge in [0.15, 0.2) is 0 Å². The minimum Gasteiger partial charge on any atom is -0.366 e. The highest BCUT2D eigenvalue weighted by molar-refractivity contribution is 5.57. The minimum absolute atomic E-state index is 0.485. The summed E-state index contributed by atoms with van der Waals surface area (Å²) in [7, 11) is 0. The normalized spacial score (nSPS) is 22.5. The van der Waals surface area contributed by atoms with Crippen LogP contribution >= 0.6 is 0 Å². The van der Waals surface area contributed by atoms with Crippen LogP contribution in [-0.2, 0) is 6.42 Å². The van der Waals surface area contributed by atoms with E-state index >= 15 is 0 Å². The molecule has 4 N–H and O–H groups in total. The van der Waals surface area contributed by atoms with Crippen LogP contribution in [0.3, 0.4) is 0 Å². The zero-order valence-corrected chi connectivity index (χ0v) is 13.0. The standard InChI is InChI=1S/C15H26N6/c1-3-4-13-18-14(10(2)15(19-13)20-16)17-11-7-8-21(9-11)12-5-6-12/h11-12H,3-9,16H2,1-2H3,(H2,17,18,19,20). The number of hydrogen-bond donors (Lipinski definition) is 3. The molecule has 0 radical (unpaired) electrons. The molecule has 1 aromatic rings. The van der Waals surface area contributed by atoms with Gasteiger partial charge in [-0.05, 0) is 32.6 Å². The van der Waals surface area contributed by atoms with Gasteiger partial charge in [-0.15, -0.1) is 0 Å². The molecule has 3 rings (SSSR count). The lowest BCUT2D eigenvalue weighted by Crippen LogP contribution is -2.28. The summed E-state index contributed by atoms with van der Waals surface area (Å²) in [6.45, 7) is 6.48. The van der Waals surface area contributed by atoms with Crippen LogP contribution in [0.2, 0.25) is 0 Å². The number of nitrogen functional groups attached to an aromatic ring is 1. The van der Waals surface area contributed by atoms with Crippen LogP contribution in [0, 0.1) is 6.92 Å². The summed E-state index contributed by atoms with van der Waals surface area (Å²) in [6.07, 6.45) is 5.85. The second kappa shape index (κ2) is 6.15. The fourth-order valence-corrected chi connectivity index (χ4v) is 3.05. The van der Waals surface area contributed by atoms with E-state index in [9.17, 15) is 0 Å². The van der Waals surface area contributed by atoms with Gasteiger partial charge in [0.1, 0.15) is 17.5 Å². The van der Waals surface area contributed by atoms with E-state index in [4.69, 9.17) is 5.84 Å². The molecule has 0 aromatic carbocycles. The Kier molecular flexibility index (Phi) is 4.26. The summed E-state index contributed by atoms with van der Waals surface area (Å²) >= 11 is 0. The topological polar surface area (TPSA) is 79.1 Å². The Balaban J connectivity index is 1.72. The fourth-order valence-electron chi connectivity index (χ4n) is 3.05. The third kappa shape index (κ3) is 3.27. The summed E-state index contributed by atoms with van der Waals surface area (Å²) in [6, 6.07) is 1.33. The molecule has 116 valence electrons. The molecule has 6 heteroatoms. The molecule has 1 atom stereocenters. The van der Waals surface area contributed by atoms with Gasteiger partial charge in [0, 0.05) is 37.2 Å². The number of aromatic nitrogens is 2. The van der Waals surface area contributed by atoms with Crippen molar-refractivity contribution in [1.82, 2.24) is 14.9 Å². The Morgan fingerprint density at radius 1 is 1.24 bits per heavy atom. The molecular formula is C15H26N6. The van der Waals surface area contributed by atoms with Crippen LogP contribution in [0.4, 0.5) is 11.6 Å². The van der Waals surface area contributed by atoms with Crippen LogP contribution < -0.4 is 16.6 Å². The summed E-state index contributed by atoms with van der Waals surface area (Å²) < 4.78 is 0. The van der Waals surface area contributed by atoms with E-state index in [2.05, 4.69) is 32.5 Å². The van der Waals surface area contributed by atoms with Gasteiger partial charge in [-0.3, -0.25) is 4.90 Å². The first-order valence-corrected chi connectivity index (χ1v) is 8.06. The highest BCUT2D eigenvalue weighted by atomic mass is 15.3. The number of nitrogens with two attached hydrogens (primary N) is 1. The minimum atomic E-state index is 0.485. The van der Waals surface area contributed by atoms with Crippen molar-refractivity contribution in [2.24, 2.45) is 5.84 Å². The zero-order valence-electron chi connectivity index (χ0n) is 13.0. The van der Waals surface area contributed by atoms with Crippen LogP contribution in [0.1, 0.15) is 44.0 Å². The monoisotopic (exact) mass is 290 g/mol. The van der Waals surface area contributed by atoms with Crippen molar-refractivity contribution >= 4 is 11.6 Å². The smallest absolute Gasteiger partial charge is 0.148 e. The number of rotatable bonds is 6. The number of nitrogens with one attached hydrogen (secondary N) is 2. The third-order valence-electron chi connectivity index (χ3n) is 4.43. The van der Waals surface area contributed by atoms with Crippen molar-refractivity contribution in [1.29, 1.82) is 0 Å². The van der Waals surface area contributed by atoms with Crippen molar-refractivity contribution < 1.29 is 0 Å². The molecule has 1 aromatic heterocycles. The van der Waals surface area contributed by atoms with Crippen LogP contribution in [-0.4, -0.2) is 40.0 Å². The predicted molar refractivity (Wildman–Crippen MR) is 85.2 cm³/mol. The van der Waals surface area contributed by atoms with Gasteiger partial charge in [0.05, 0.1) is 0 Å². The molecule has 2 fully saturated rings. The van der Waals surface area contributed by atoms with Crippen molar-refractivity contribution in [2.45, 2.75) is 58.0 Å². The van der Waals surface area contributed by atoms with Crippen LogP contribution in [0.25, 0.3) is 0 Å². The molecule has 1 saturated heterocycles. The fraction of sp³-hybridized carbons (Fsp3) is 0.733. The SMILES string of the molecule is CCCc1nc(NN)c(C)c(NC2CCN(C3CC3)C2)n1. The van der Waals surface area contributed by atoms with Crippen molar-refractivity contribution in [3.05, 3.63) is 11.4 Å². The molecule has 0 amide bonds. The Labute approximate surface area is 126 Å². The zero-order chi connectivity index (χ0) is 14.8. The van der Waals surface area contributed by atoms with E-state index in [1.165, 1.54) is 25.8 Å². The van der Waals surface area contributed by atoms with Crippen molar-refractivity contribution in [2.75, 3.05) is 23.8 Å². The Morgan fingerprint density at radius 3 is 2.67 bits per heavy atom. The molecule has 0 spiro atoms. The van der Waals surface area contributed by atoms with E-state index in [0.29, 0.717) is 6.04 Å². The third-order valence-corrected chi connectivity index (χ3v) is 4.43.